The fourth-order valence-electron chi connectivity index (χ4n) is 1.04. The van der Waals surface area contributed by atoms with E-state index in [0.29, 0.717) is 0 Å². The average molecular weight is 346 g/mol. The molecular formula is C9H7IN4OS. The summed E-state index contributed by atoms with van der Waals surface area (Å²) in [7, 11) is 0. The molecule has 2 aromatic rings. The van der Waals surface area contributed by atoms with Crippen LogP contribution >= 0.6 is 33.9 Å². The SMILES string of the molecule is Nc1nnc(C(=O)Nc2ccc(I)cc2)s1. The van der Waals surface area contributed by atoms with Crippen LogP contribution in [0.4, 0.5) is 10.8 Å². The predicted molar refractivity (Wildman–Crippen MR) is 71.4 cm³/mol. The molecule has 82 valence electrons. The standard InChI is InChI=1S/C9H7IN4OS/c10-5-1-3-6(4-2-5)12-7(15)8-13-14-9(11)16-8/h1-4H,(H2,11,14)(H,12,15). The first-order valence-electron chi connectivity index (χ1n) is 4.31. The number of nitrogen functional groups attached to an aromatic ring is 1. The second-order valence-electron chi connectivity index (χ2n) is 2.91. The third-order valence-corrected chi connectivity index (χ3v) is 3.21. The summed E-state index contributed by atoms with van der Waals surface area (Å²) in [5.41, 5.74) is 6.12. The lowest BCUT2D eigenvalue weighted by Crippen LogP contribution is -2.11. The van der Waals surface area contributed by atoms with E-state index in [2.05, 4.69) is 38.1 Å². The van der Waals surface area contributed by atoms with E-state index in [0.717, 1.165) is 20.6 Å². The van der Waals surface area contributed by atoms with Crippen LogP contribution in [0.25, 0.3) is 0 Å². The van der Waals surface area contributed by atoms with E-state index < -0.39 is 0 Å². The maximum atomic E-state index is 11.7. The van der Waals surface area contributed by atoms with Gasteiger partial charge >= 0.3 is 0 Å². The van der Waals surface area contributed by atoms with E-state index in [9.17, 15) is 4.79 Å². The van der Waals surface area contributed by atoms with Gasteiger partial charge in [-0.05, 0) is 46.9 Å². The predicted octanol–water partition coefficient (Wildman–Crippen LogP) is 1.98. The fraction of sp³-hybridized carbons (Fsp3) is 0. The van der Waals surface area contributed by atoms with Gasteiger partial charge in [0.2, 0.25) is 10.1 Å². The normalized spacial score (nSPS) is 10.1. The molecule has 1 heterocycles. The van der Waals surface area contributed by atoms with Crippen molar-refractivity contribution in [3.63, 3.8) is 0 Å². The lowest BCUT2D eigenvalue weighted by Gasteiger charge is -2.01. The monoisotopic (exact) mass is 346 g/mol. The Morgan fingerprint density at radius 1 is 1.31 bits per heavy atom. The summed E-state index contributed by atoms with van der Waals surface area (Å²) in [6.07, 6.45) is 0. The Morgan fingerprint density at radius 3 is 2.56 bits per heavy atom. The summed E-state index contributed by atoms with van der Waals surface area (Å²) < 4.78 is 1.11. The molecule has 1 aromatic carbocycles. The van der Waals surface area contributed by atoms with Gasteiger partial charge in [-0.1, -0.05) is 11.3 Å². The van der Waals surface area contributed by atoms with Crippen molar-refractivity contribution < 1.29 is 4.79 Å². The molecule has 1 amide bonds. The first-order chi connectivity index (χ1) is 7.65. The van der Waals surface area contributed by atoms with Gasteiger partial charge in [-0.2, -0.15) is 0 Å². The minimum atomic E-state index is -0.296. The van der Waals surface area contributed by atoms with Gasteiger partial charge in [0.1, 0.15) is 0 Å². The largest absolute Gasteiger partial charge is 0.374 e. The fourth-order valence-corrected chi connectivity index (χ4v) is 1.91. The lowest BCUT2D eigenvalue weighted by molar-refractivity contribution is 0.102. The van der Waals surface area contributed by atoms with Gasteiger partial charge < -0.3 is 11.1 Å². The number of aromatic nitrogens is 2. The molecule has 0 saturated carbocycles. The Kier molecular flexibility index (Phi) is 3.34. The molecule has 0 aliphatic carbocycles. The van der Waals surface area contributed by atoms with Crippen molar-refractivity contribution in [1.29, 1.82) is 0 Å². The minimum Gasteiger partial charge on any atom is -0.374 e. The molecule has 1 aromatic heterocycles. The number of nitrogens with zero attached hydrogens (tertiary/aromatic N) is 2. The Morgan fingerprint density at radius 2 is 2.00 bits per heavy atom. The molecule has 0 spiro atoms. The topological polar surface area (TPSA) is 80.9 Å². The van der Waals surface area contributed by atoms with Crippen LogP contribution < -0.4 is 11.1 Å². The number of rotatable bonds is 2. The molecule has 0 saturated heterocycles. The zero-order valence-electron chi connectivity index (χ0n) is 7.98. The van der Waals surface area contributed by atoms with E-state index >= 15 is 0 Å². The third kappa shape index (κ3) is 2.67. The maximum absolute atomic E-state index is 11.7. The summed E-state index contributed by atoms with van der Waals surface area (Å²) in [6.45, 7) is 0. The molecule has 0 aliphatic heterocycles. The van der Waals surface area contributed by atoms with E-state index in [1.54, 1.807) is 0 Å². The number of nitrogens with one attached hydrogen (secondary N) is 1. The van der Waals surface area contributed by atoms with Crippen molar-refractivity contribution in [2.45, 2.75) is 0 Å². The van der Waals surface area contributed by atoms with Crippen molar-refractivity contribution in [1.82, 2.24) is 10.2 Å². The smallest absolute Gasteiger partial charge is 0.286 e. The molecule has 0 radical (unpaired) electrons. The Balaban J connectivity index is 2.10. The zero-order valence-corrected chi connectivity index (χ0v) is 10.9. The number of carbonyl (C=O) groups is 1. The van der Waals surface area contributed by atoms with Crippen LogP contribution in [-0.2, 0) is 0 Å². The molecule has 0 unspecified atom stereocenters. The summed E-state index contributed by atoms with van der Waals surface area (Å²) in [5, 5.41) is 10.5. The van der Waals surface area contributed by atoms with Crippen LogP contribution in [0.2, 0.25) is 0 Å². The van der Waals surface area contributed by atoms with Crippen LogP contribution in [0, 0.1) is 3.57 Å². The van der Waals surface area contributed by atoms with E-state index in [1.807, 2.05) is 24.3 Å². The zero-order chi connectivity index (χ0) is 11.5. The molecular weight excluding hydrogens is 339 g/mol. The molecule has 0 atom stereocenters. The minimum absolute atomic E-state index is 0.260. The molecule has 16 heavy (non-hydrogen) atoms. The summed E-state index contributed by atoms with van der Waals surface area (Å²) in [5.74, 6) is -0.296. The number of hydrogen-bond acceptors (Lipinski definition) is 5. The highest BCUT2D eigenvalue weighted by atomic mass is 127. The van der Waals surface area contributed by atoms with Crippen molar-refractivity contribution in [2.75, 3.05) is 11.1 Å². The van der Waals surface area contributed by atoms with Crippen molar-refractivity contribution in [2.24, 2.45) is 0 Å². The number of amides is 1. The second-order valence-corrected chi connectivity index (χ2v) is 5.16. The van der Waals surface area contributed by atoms with Gasteiger partial charge in [0.25, 0.3) is 5.91 Å². The highest BCUT2D eigenvalue weighted by Crippen LogP contribution is 2.15. The quantitative estimate of drug-likeness (QED) is 0.815. The molecule has 2 rings (SSSR count). The summed E-state index contributed by atoms with van der Waals surface area (Å²) >= 11 is 3.26. The average Bonchev–Trinajstić information content (AvgIpc) is 2.68. The summed E-state index contributed by atoms with van der Waals surface area (Å²) in [4.78, 5) is 11.7. The van der Waals surface area contributed by atoms with Crippen LogP contribution in [-0.4, -0.2) is 16.1 Å². The van der Waals surface area contributed by atoms with Gasteiger partial charge in [-0.25, -0.2) is 0 Å². The van der Waals surface area contributed by atoms with E-state index in [1.165, 1.54) is 0 Å². The Labute approximate surface area is 109 Å². The molecule has 7 heteroatoms. The molecule has 0 fully saturated rings. The van der Waals surface area contributed by atoms with Crippen LogP contribution in [0.5, 0.6) is 0 Å². The lowest BCUT2D eigenvalue weighted by atomic mass is 10.3. The Bertz CT molecular complexity index is 510. The third-order valence-electron chi connectivity index (χ3n) is 1.74. The number of halogens is 1. The van der Waals surface area contributed by atoms with Crippen LogP contribution in [0.3, 0.4) is 0 Å². The highest BCUT2D eigenvalue weighted by molar-refractivity contribution is 14.1. The first kappa shape index (κ1) is 11.3. The summed E-state index contributed by atoms with van der Waals surface area (Å²) in [6, 6.07) is 7.46. The molecule has 5 nitrogen and oxygen atoms in total. The van der Waals surface area contributed by atoms with Gasteiger partial charge in [-0.15, -0.1) is 10.2 Å². The molecule has 0 bridgehead atoms. The van der Waals surface area contributed by atoms with Crippen LogP contribution in [0.15, 0.2) is 24.3 Å². The van der Waals surface area contributed by atoms with E-state index in [-0.39, 0.29) is 16.0 Å². The van der Waals surface area contributed by atoms with Crippen molar-refractivity contribution in [3.8, 4) is 0 Å². The van der Waals surface area contributed by atoms with Crippen molar-refractivity contribution in [3.05, 3.63) is 32.8 Å². The highest BCUT2D eigenvalue weighted by Gasteiger charge is 2.11. The molecule has 3 N–H and O–H groups in total. The van der Waals surface area contributed by atoms with Crippen LogP contribution in [0.1, 0.15) is 9.80 Å². The van der Waals surface area contributed by atoms with Gasteiger partial charge in [-0.3, -0.25) is 4.79 Å². The Hall–Kier alpha value is -1.22. The van der Waals surface area contributed by atoms with E-state index in [4.69, 9.17) is 5.73 Å². The van der Waals surface area contributed by atoms with Gasteiger partial charge in [0.15, 0.2) is 0 Å². The number of carbonyl (C=O) groups excluding carboxylic acids is 1. The van der Waals surface area contributed by atoms with Gasteiger partial charge in [0, 0.05) is 9.26 Å². The van der Waals surface area contributed by atoms with Crippen molar-refractivity contribution >= 4 is 50.7 Å². The number of nitrogens with two attached hydrogens (primary N) is 1. The number of anilines is 2. The number of hydrogen-bond donors (Lipinski definition) is 2. The first-order valence-corrected chi connectivity index (χ1v) is 6.20. The second kappa shape index (κ2) is 4.74. The molecule has 0 aliphatic rings. The maximum Gasteiger partial charge on any atom is 0.286 e. The van der Waals surface area contributed by atoms with Gasteiger partial charge in [0.05, 0.1) is 0 Å². The number of benzene rings is 1.